The summed E-state index contributed by atoms with van der Waals surface area (Å²) in [5.41, 5.74) is 4.13. The molecule has 0 aliphatic rings. The fourth-order valence-electron chi connectivity index (χ4n) is 2.34. The summed E-state index contributed by atoms with van der Waals surface area (Å²) in [7, 11) is 0. The first-order chi connectivity index (χ1) is 9.78. The Morgan fingerprint density at radius 3 is 2.50 bits per heavy atom. The SMILES string of the molecule is OCCc1cc(-c2ccc(Br)cc2)nc2ccccc12. The Labute approximate surface area is 126 Å². The van der Waals surface area contributed by atoms with Gasteiger partial charge in [0.2, 0.25) is 0 Å². The Morgan fingerprint density at radius 1 is 1.00 bits per heavy atom. The summed E-state index contributed by atoms with van der Waals surface area (Å²) in [5, 5.41) is 10.4. The summed E-state index contributed by atoms with van der Waals surface area (Å²) in [5.74, 6) is 0. The highest BCUT2D eigenvalue weighted by molar-refractivity contribution is 9.10. The van der Waals surface area contributed by atoms with Gasteiger partial charge in [0.05, 0.1) is 11.2 Å². The lowest BCUT2D eigenvalue weighted by molar-refractivity contribution is 0.300. The summed E-state index contributed by atoms with van der Waals surface area (Å²) < 4.78 is 1.05. The maximum atomic E-state index is 9.25. The third kappa shape index (κ3) is 2.60. The average Bonchev–Trinajstić information content (AvgIpc) is 2.48. The van der Waals surface area contributed by atoms with Crippen LogP contribution in [0.25, 0.3) is 22.2 Å². The van der Waals surface area contributed by atoms with Gasteiger partial charge in [0.25, 0.3) is 0 Å². The van der Waals surface area contributed by atoms with E-state index >= 15 is 0 Å². The van der Waals surface area contributed by atoms with Crippen LogP contribution in [0.5, 0.6) is 0 Å². The molecule has 100 valence electrons. The second kappa shape index (κ2) is 5.73. The van der Waals surface area contributed by atoms with Crippen molar-refractivity contribution in [2.24, 2.45) is 0 Å². The molecule has 0 amide bonds. The van der Waals surface area contributed by atoms with E-state index in [0.717, 1.165) is 32.2 Å². The van der Waals surface area contributed by atoms with Gasteiger partial charge in [-0.3, -0.25) is 0 Å². The lowest BCUT2D eigenvalue weighted by atomic mass is 10.0. The molecule has 0 unspecified atom stereocenters. The number of rotatable bonds is 3. The van der Waals surface area contributed by atoms with E-state index in [9.17, 15) is 5.11 Å². The minimum absolute atomic E-state index is 0.147. The molecular formula is C17H14BrNO. The third-order valence-corrected chi connectivity index (χ3v) is 3.85. The minimum atomic E-state index is 0.147. The molecule has 2 aromatic carbocycles. The van der Waals surface area contributed by atoms with E-state index in [-0.39, 0.29) is 6.61 Å². The largest absolute Gasteiger partial charge is 0.396 e. The van der Waals surface area contributed by atoms with Crippen molar-refractivity contribution in [2.75, 3.05) is 6.61 Å². The molecule has 0 saturated carbocycles. The standard InChI is InChI=1S/C17H14BrNO/c18-14-7-5-12(6-8-14)17-11-13(9-10-20)15-3-1-2-4-16(15)19-17/h1-8,11,20H,9-10H2. The van der Waals surface area contributed by atoms with Crippen LogP contribution >= 0.6 is 15.9 Å². The molecule has 2 nitrogen and oxygen atoms in total. The van der Waals surface area contributed by atoms with E-state index in [4.69, 9.17) is 4.98 Å². The average molecular weight is 328 g/mol. The molecule has 3 rings (SSSR count). The highest BCUT2D eigenvalue weighted by atomic mass is 79.9. The normalized spacial score (nSPS) is 10.9. The zero-order valence-corrected chi connectivity index (χ0v) is 12.5. The molecule has 0 aliphatic heterocycles. The predicted molar refractivity (Wildman–Crippen MR) is 85.7 cm³/mol. The summed E-state index contributed by atoms with van der Waals surface area (Å²) in [6.45, 7) is 0.147. The molecule has 0 spiro atoms. The van der Waals surface area contributed by atoms with Gasteiger partial charge in [0.15, 0.2) is 0 Å². The van der Waals surface area contributed by atoms with Crippen molar-refractivity contribution in [3.63, 3.8) is 0 Å². The molecule has 0 atom stereocenters. The first-order valence-corrected chi connectivity index (χ1v) is 7.33. The second-order valence-corrected chi connectivity index (χ2v) is 5.58. The molecule has 0 fully saturated rings. The molecule has 1 N–H and O–H groups in total. The number of benzene rings is 2. The maximum Gasteiger partial charge on any atom is 0.0712 e. The van der Waals surface area contributed by atoms with Gasteiger partial charge in [-0.25, -0.2) is 4.98 Å². The molecule has 0 aliphatic carbocycles. The zero-order chi connectivity index (χ0) is 13.9. The Balaban J connectivity index is 2.18. The van der Waals surface area contributed by atoms with E-state index in [0.29, 0.717) is 6.42 Å². The van der Waals surface area contributed by atoms with E-state index in [1.54, 1.807) is 0 Å². The first kappa shape index (κ1) is 13.3. The molecule has 0 bridgehead atoms. The van der Waals surface area contributed by atoms with Crippen molar-refractivity contribution in [1.82, 2.24) is 4.98 Å². The number of halogens is 1. The van der Waals surface area contributed by atoms with Gasteiger partial charge in [0.1, 0.15) is 0 Å². The van der Waals surface area contributed by atoms with Crippen molar-refractivity contribution in [1.29, 1.82) is 0 Å². The molecule has 3 aromatic rings. The number of pyridine rings is 1. The number of para-hydroxylation sites is 1. The van der Waals surface area contributed by atoms with E-state index in [1.165, 1.54) is 0 Å². The van der Waals surface area contributed by atoms with Crippen LogP contribution in [0.2, 0.25) is 0 Å². The third-order valence-electron chi connectivity index (χ3n) is 3.32. The van der Waals surface area contributed by atoms with Crippen LogP contribution in [0.1, 0.15) is 5.56 Å². The maximum absolute atomic E-state index is 9.25. The molecule has 0 saturated heterocycles. The zero-order valence-electron chi connectivity index (χ0n) is 10.9. The molecule has 0 radical (unpaired) electrons. The van der Waals surface area contributed by atoms with Gasteiger partial charge < -0.3 is 5.11 Å². The summed E-state index contributed by atoms with van der Waals surface area (Å²) in [6, 6.07) is 18.2. The van der Waals surface area contributed by atoms with Crippen LogP contribution in [0, 0.1) is 0 Å². The van der Waals surface area contributed by atoms with Gasteiger partial charge in [-0.2, -0.15) is 0 Å². The Bertz CT molecular complexity index is 738. The Kier molecular flexibility index (Phi) is 3.81. The number of hydrogen-bond donors (Lipinski definition) is 1. The van der Waals surface area contributed by atoms with Crippen molar-refractivity contribution in [3.05, 3.63) is 64.6 Å². The van der Waals surface area contributed by atoms with E-state index in [2.05, 4.69) is 28.1 Å². The molecule has 20 heavy (non-hydrogen) atoms. The fraction of sp³-hybridized carbons (Fsp3) is 0.118. The topological polar surface area (TPSA) is 33.1 Å². The number of fused-ring (bicyclic) bond motifs is 1. The van der Waals surface area contributed by atoms with Crippen LogP contribution in [-0.2, 0) is 6.42 Å². The molecule has 1 heterocycles. The first-order valence-electron chi connectivity index (χ1n) is 6.53. The van der Waals surface area contributed by atoms with Crippen molar-refractivity contribution in [2.45, 2.75) is 6.42 Å². The Hall–Kier alpha value is -1.71. The summed E-state index contributed by atoms with van der Waals surface area (Å²) in [6.07, 6.45) is 0.645. The number of aliphatic hydroxyl groups is 1. The monoisotopic (exact) mass is 327 g/mol. The van der Waals surface area contributed by atoms with Crippen LogP contribution in [0.15, 0.2) is 59.1 Å². The number of aromatic nitrogens is 1. The minimum Gasteiger partial charge on any atom is -0.396 e. The van der Waals surface area contributed by atoms with Crippen LogP contribution < -0.4 is 0 Å². The molecule has 1 aromatic heterocycles. The van der Waals surface area contributed by atoms with Gasteiger partial charge in [0, 0.05) is 22.0 Å². The summed E-state index contributed by atoms with van der Waals surface area (Å²) in [4.78, 5) is 4.72. The van der Waals surface area contributed by atoms with Gasteiger partial charge in [-0.05, 0) is 36.2 Å². The van der Waals surface area contributed by atoms with Crippen LogP contribution in [0.3, 0.4) is 0 Å². The van der Waals surface area contributed by atoms with Crippen molar-refractivity contribution < 1.29 is 5.11 Å². The number of nitrogens with zero attached hydrogens (tertiary/aromatic N) is 1. The van der Waals surface area contributed by atoms with Gasteiger partial charge in [-0.1, -0.05) is 46.3 Å². The molecule has 3 heteroatoms. The highest BCUT2D eigenvalue weighted by Crippen LogP contribution is 2.26. The van der Waals surface area contributed by atoms with Gasteiger partial charge in [-0.15, -0.1) is 0 Å². The van der Waals surface area contributed by atoms with Crippen molar-refractivity contribution in [3.8, 4) is 11.3 Å². The summed E-state index contributed by atoms with van der Waals surface area (Å²) >= 11 is 3.44. The predicted octanol–water partition coefficient (Wildman–Crippen LogP) is 4.20. The highest BCUT2D eigenvalue weighted by Gasteiger charge is 2.07. The van der Waals surface area contributed by atoms with E-state index < -0.39 is 0 Å². The fourth-order valence-corrected chi connectivity index (χ4v) is 2.61. The lowest BCUT2D eigenvalue weighted by Crippen LogP contribution is -1.95. The van der Waals surface area contributed by atoms with Crippen LogP contribution in [0.4, 0.5) is 0 Å². The van der Waals surface area contributed by atoms with Crippen LogP contribution in [-0.4, -0.2) is 16.7 Å². The smallest absolute Gasteiger partial charge is 0.0712 e. The van der Waals surface area contributed by atoms with E-state index in [1.807, 2.05) is 42.5 Å². The van der Waals surface area contributed by atoms with Gasteiger partial charge >= 0.3 is 0 Å². The number of aliphatic hydroxyl groups excluding tert-OH is 1. The molecular weight excluding hydrogens is 314 g/mol. The van der Waals surface area contributed by atoms with Crippen molar-refractivity contribution >= 4 is 26.8 Å². The second-order valence-electron chi connectivity index (χ2n) is 4.66. The Morgan fingerprint density at radius 2 is 1.75 bits per heavy atom. The lowest BCUT2D eigenvalue weighted by Gasteiger charge is -2.09. The quantitative estimate of drug-likeness (QED) is 0.782. The number of hydrogen-bond acceptors (Lipinski definition) is 2.